The number of carbonyl (C=O) groups excluding carboxylic acids is 1. The maximum atomic E-state index is 11.9. The first-order valence-electron chi connectivity index (χ1n) is 7.89. The quantitative estimate of drug-likeness (QED) is 0.760. The summed E-state index contributed by atoms with van der Waals surface area (Å²) in [5, 5.41) is 3.63. The minimum Gasteiger partial charge on any atom is -0.469 e. The largest absolute Gasteiger partial charge is 0.469 e. The van der Waals surface area contributed by atoms with Crippen LogP contribution in [-0.2, 0) is 9.53 Å². The molecule has 2 unspecified atom stereocenters. The second-order valence-electron chi connectivity index (χ2n) is 7.21. The Kier molecular flexibility index (Phi) is 6.96. The van der Waals surface area contributed by atoms with Crippen LogP contribution in [-0.4, -0.2) is 50.2 Å². The molecular weight excluding hydrogens is 252 g/mol. The highest BCUT2D eigenvalue weighted by Crippen LogP contribution is 2.20. The normalized spacial score (nSPS) is 24.6. The number of nitrogens with zero attached hydrogens (tertiary/aromatic N) is 1. The summed E-state index contributed by atoms with van der Waals surface area (Å²) >= 11 is 0. The molecule has 1 heterocycles. The first-order valence-corrected chi connectivity index (χ1v) is 7.89. The van der Waals surface area contributed by atoms with E-state index in [1.165, 1.54) is 20.0 Å². The number of hydrogen-bond acceptors (Lipinski definition) is 4. The first kappa shape index (κ1) is 17.4. The first-order chi connectivity index (χ1) is 9.35. The molecule has 0 aromatic carbocycles. The Morgan fingerprint density at radius 3 is 2.60 bits per heavy atom. The van der Waals surface area contributed by atoms with Gasteiger partial charge in [0.05, 0.1) is 13.0 Å². The number of esters is 1. The Hall–Kier alpha value is -0.610. The van der Waals surface area contributed by atoms with Gasteiger partial charge >= 0.3 is 5.97 Å². The number of piperidine rings is 1. The smallest absolute Gasteiger partial charge is 0.310 e. The summed E-state index contributed by atoms with van der Waals surface area (Å²) < 4.78 is 4.94. The van der Waals surface area contributed by atoms with Crippen LogP contribution < -0.4 is 5.32 Å². The van der Waals surface area contributed by atoms with E-state index in [0.29, 0.717) is 6.04 Å². The van der Waals surface area contributed by atoms with Crippen LogP contribution in [0, 0.1) is 11.3 Å². The SMILES string of the molecule is CCCCN1CC(NCC(C)(C)C)CC(C(=O)OC)C1. The fraction of sp³-hybridized carbons (Fsp3) is 0.938. The highest BCUT2D eigenvalue weighted by atomic mass is 16.5. The Bertz CT molecular complexity index is 299. The zero-order valence-electron chi connectivity index (χ0n) is 13.9. The molecule has 0 aromatic rings. The second kappa shape index (κ2) is 7.99. The number of hydrogen-bond donors (Lipinski definition) is 1. The molecule has 20 heavy (non-hydrogen) atoms. The summed E-state index contributed by atoms with van der Waals surface area (Å²) in [6.07, 6.45) is 3.28. The third-order valence-corrected chi connectivity index (χ3v) is 3.81. The van der Waals surface area contributed by atoms with Gasteiger partial charge in [-0.05, 0) is 24.8 Å². The molecule has 1 saturated heterocycles. The maximum absolute atomic E-state index is 11.9. The van der Waals surface area contributed by atoms with Crippen molar-refractivity contribution in [2.24, 2.45) is 11.3 Å². The van der Waals surface area contributed by atoms with Crippen molar-refractivity contribution in [3.8, 4) is 0 Å². The van der Waals surface area contributed by atoms with Crippen LogP contribution in [0.4, 0.5) is 0 Å². The van der Waals surface area contributed by atoms with Crippen molar-refractivity contribution < 1.29 is 9.53 Å². The van der Waals surface area contributed by atoms with Crippen molar-refractivity contribution >= 4 is 5.97 Å². The Morgan fingerprint density at radius 2 is 2.05 bits per heavy atom. The van der Waals surface area contributed by atoms with Gasteiger partial charge in [0, 0.05) is 25.7 Å². The van der Waals surface area contributed by atoms with Crippen LogP contribution in [0.15, 0.2) is 0 Å². The molecule has 1 rings (SSSR count). The second-order valence-corrected chi connectivity index (χ2v) is 7.21. The number of methoxy groups -OCH3 is 1. The lowest BCUT2D eigenvalue weighted by atomic mass is 9.91. The standard InChI is InChI=1S/C16H32N2O2/c1-6-7-8-18-10-13(15(19)20-5)9-14(11-18)17-12-16(2,3)4/h13-14,17H,6-12H2,1-5H3. The fourth-order valence-corrected chi connectivity index (χ4v) is 2.69. The Labute approximate surface area is 124 Å². The lowest BCUT2D eigenvalue weighted by Gasteiger charge is -2.38. The molecule has 0 saturated carbocycles. The van der Waals surface area contributed by atoms with Crippen molar-refractivity contribution in [2.75, 3.05) is 33.3 Å². The summed E-state index contributed by atoms with van der Waals surface area (Å²) in [7, 11) is 1.49. The Balaban J connectivity index is 2.57. The third-order valence-electron chi connectivity index (χ3n) is 3.81. The van der Waals surface area contributed by atoms with Crippen molar-refractivity contribution in [1.29, 1.82) is 0 Å². The van der Waals surface area contributed by atoms with Crippen molar-refractivity contribution in [2.45, 2.75) is 53.0 Å². The van der Waals surface area contributed by atoms with Crippen LogP contribution in [0.1, 0.15) is 47.0 Å². The Morgan fingerprint density at radius 1 is 1.35 bits per heavy atom. The molecule has 0 spiro atoms. The zero-order chi connectivity index (χ0) is 15.2. The van der Waals surface area contributed by atoms with E-state index in [-0.39, 0.29) is 17.3 Å². The van der Waals surface area contributed by atoms with E-state index in [1.807, 2.05) is 0 Å². The number of nitrogens with one attached hydrogen (secondary N) is 1. The van der Waals surface area contributed by atoms with Gasteiger partial charge in [0.2, 0.25) is 0 Å². The van der Waals surface area contributed by atoms with E-state index < -0.39 is 0 Å². The highest BCUT2D eigenvalue weighted by molar-refractivity contribution is 5.72. The van der Waals surface area contributed by atoms with E-state index in [2.05, 4.69) is 37.9 Å². The van der Waals surface area contributed by atoms with E-state index in [1.54, 1.807) is 0 Å². The monoisotopic (exact) mass is 284 g/mol. The molecule has 1 N–H and O–H groups in total. The minimum absolute atomic E-state index is 0.0167. The average molecular weight is 284 g/mol. The topological polar surface area (TPSA) is 41.6 Å². The third kappa shape index (κ3) is 6.23. The molecule has 0 amide bonds. The number of ether oxygens (including phenoxy) is 1. The van der Waals surface area contributed by atoms with Crippen LogP contribution in [0.25, 0.3) is 0 Å². The van der Waals surface area contributed by atoms with Crippen LogP contribution in [0.5, 0.6) is 0 Å². The van der Waals surface area contributed by atoms with E-state index in [4.69, 9.17) is 4.74 Å². The van der Waals surface area contributed by atoms with Gasteiger partial charge in [-0.1, -0.05) is 34.1 Å². The molecule has 4 nitrogen and oxygen atoms in total. The predicted molar refractivity (Wildman–Crippen MR) is 82.7 cm³/mol. The number of carbonyl (C=O) groups is 1. The summed E-state index contributed by atoms with van der Waals surface area (Å²) in [5.41, 5.74) is 0.270. The van der Waals surface area contributed by atoms with E-state index >= 15 is 0 Å². The van der Waals surface area contributed by atoms with Gasteiger partial charge in [-0.15, -0.1) is 0 Å². The molecule has 4 heteroatoms. The van der Waals surface area contributed by atoms with E-state index in [0.717, 1.165) is 32.6 Å². The van der Waals surface area contributed by atoms with E-state index in [9.17, 15) is 4.79 Å². The lowest BCUT2D eigenvalue weighted by molar-refractivity contribution is -0.147. The van der Waals surface area contributed by atoms with Crippen LogP contribution in [0.2, 0.25) is 0 Å². The van der Waals surface area contributed by atoms with Crippen molar-refractivity contribution in [3.05, 3.63) is 0 Å². The van der Waals surface area contributed by atoms with Gasteiger partial charge in [0.1, 0.15) is 0 Å². The predicted octanol–water partition coefficient (Wildman–Crippen LogP) is 2.29. The molecule has 0 bridgehead atoms. The maximum Gasteiger partial charge on any atom is 0.310 e. The summed E-state index contributed by atoms with van der Waals surface area (Å²) in [6.45, 7) is 12.9. The molecule has 0 radical (unpaired) electrons. The molecule has 2 atom stereocenters. The minimum atomic E-state index is -0.0613. The summed E-state index contributed by atoms with van der Waals surface area (Å²) in [4.78, 5) is 14.3. The van der Waals surface area contributed by atoms with Gasteiger partial charge in [0.15, 0.2) is 0 Å². The van der Waals surface area contributed by atoms with Gasteiger partial charge in [-0.25, -0.2) is 0 Å². The molecular formula is C16H32N2O2. The average Bonchev–Trinajstić information content (AvgIpc) is 2.41. The van der Waals surface area contributed by atoms with Gasteiger partial charge < -0.3 is 15.0 Å². The number of rotatable bonds is 6. The van der Waals surface area contributed by atoms with Gasteiger partial charge in [-0.2, -0.15) is 0 Å². The molecule has 0 aromatic heterocycles. The fourth-order valence-electron chi connectivity index (χ4n) is 2.69. The molecule has 0 aliphatic carbocycles. The van der Waals surface area contributed by atoms with Crippen molar-refractivity contribution in [1.82, 2.24) is 10.2 Å². The molecule has 118 valence electrons. The molecule has 1 aliphatic rings. The van der Waals surface area contributed by atoms with Crippen LogP contribution >= 0.6 is 0 Å². The lowest BCUT2D eigenvalue weighted by Crippen LogP contribution is -2.52. The number of likely N-dealkylation sites (tertiary alicyclic amines) is 1. The summed E-state index contributed by atoms with van der Waals surface area (Å²) in [5.74, 6) is -0.0446. The number of unbranched alkanes of at least 4 members (excludes halogenated alkanes) is 1. The van der Waals surface area contributed by atoms with Crippen LogP contribution in [0.3, 0.4) is 0 Å². The summed E-state index contributed by atoms with van der Waals surface area (Å²) in [6, 6.07) is 0.393. The van der Waals surface area contributed by atoms with Gasteiger partial charge in [-0.3, -0.25) is 4.79 Å². The molecule has 1 fully saturated rings. The zero-order valence-corrected chi connectivity index (χ0v) is 13.9. The molecule has 1 aliphatic heterocycles. The van der Waals surface area contributed by atoms with Crippen molar-refractivity contribution in [3.63, 3.8) is 0 Å². The van der Waals surface area contributed by atoms with Gasteiger partial charge in [0.25, 0.3) is 0 Å². The highest BCUT2D eigenvalue weighted by Gasteiger charge is 2.32.